The second kappa shape index (κ2) is 6.41. The van der Waals surface area contributed by atoms with Crippen LogP contribution >= 0.6 is 22.6 Å². The van der Waals surface area contributed by atoms with Crippen molar-refractivity contribution in [3.05, 3.63) is 21.8 Å². The predicted molar refractivity (Wildman–Crippen MR) is 82.9 cm³/mol. The van der Waals surface area contributed by atoms with Crippen molar-refractivity contribution in [1.29, 1.82) is 0 Å². The van der Waals surface area contributed by atoms with Gasteiger partial charge < -0.3 is 4.74 Å². The predicted octanol–water partition coefficient (Wildman–Crippen LogP) is 2.91. The first-order valence-corrected chi connectivity index (χ1v) is 8.95. The molecule has 1 fully saturated rings. The fourth-order valence-electron chi connectivity index (χ4n) is 2.32. The average molecular weight is 395 g/mol. The summed E-state index contributed by atoms with van der Waals surface area (Å²) in [6.45, 7) is 0. The van der Waals surface area contributed by atoms with Crippen molar-refractivity contribution in [2.75, 3.05) is 7.11 Å². The van der Waals surface area contributed by atoms with E-state index in [9.17, 15) is 8.42 Å². The van der Waals surface area contributed by atoms with E-state index in [1.54, 1.807) is 25.3 Å². The van der Waals surface area contributed by atoms with E-state index < -0.39 is 10.0 Å². The molecule has 2 rings (SSSR count). The van der Waals surface area contributed by atoms with Crippen LogP contribution in [0.15, 0.2) is 23.1 Å². The molecule has 1 aliphatic carbocycles. The molecule has 4 nitrogen and oxygen atoms in total. The van der Waals surface area contributed by atoms with Crippen LogP contribution in [0, 0.1) is 3.57 Å². The largest absolute Gasteiger partial charge is 0.496 e. The van der Waals surface area contributed by atoms with Crippen LogP contribution in [0.1, 0.15) is 32.1 Å². The number of halogens is 1. The summed E-state index contributed by atoms with van der Waals surface area (Å²) in [6.07, 6.45) is 5.29. The summed E-state index contributed by atoms with van der Waals surface area (Å²) in [6, 6.07) is 5.01. The van der Waals surface area contributed by atoms with Gasteiger partial charge in [-0.05, 0) is 53.6 Å². The Morgan fingerprint density at radius 2 is 1.95 bits per heavy atom. The molecular weight excluding hydrogens is 377 g/mol. The molecule has 0 bridgehead atoms. The van der Waals surface area contributed by atoms with Gasteiger partial charge >= 0.3 is 0 Å². The van der Waals surface area contributed by atoms with Gasteiger partial charge in [0.1, 0.15) is 5.75 Å². The average Bonchev–Trinajstić information content (AvgIpc) is 2.39. The molecule has 0 aliphatic heterocycles. The highest BCUT2D eigenvalue weighted by atomic mass is 127. The van der Waals surface area contributed by atoms with Crippen molar-refractivity contribution in [3.63, 3.8) is 0 Å². The highest BCUT2D eigenvalue weighted by Gasteiger charge is 2.22. The van der Waals surface area contributed by atoms with Crippen molar-refractivity contribution in [1.82, 2.24) is 4.72 Å². The highest BCUT2D eigenvalue weighted by Crippen LogP contribution is 2.25. The van der Waals surface area contributed by atoms with Gasteiger partial charge in [-0.25, -0.2) is 13.1 Å². The first kappa shape index (κ1) is 15.1. The highest BCUT2D eigenvalue weighted by molar-refractivity contribution is 14.1. The SMILES string of the molecule is COc1ccc(S(=O)(=O)NC2CCCCC2)cc1I. The third-order valence-corrected chi connectivity index (χ3v) is 5.72. The zero-order valence-corrected chi connectivity index (χ0v) is 13.8. The molecule has 0 saturated heterocycles. The van der Waals surface area contributed by atoms with Crippen molar-refractivity contribution >= 4 is 32.6 Å². The monoisotopic (exact) mass is 395 g/mol. The maximum absolute atomic E-state index is 12.3. The molecule has 0 aromatic heterocycles. The molecule has 0 spiro atoms. The summed E-state index contributed by atoms with van der Waals surface area (Å²) >= 11 is 2.08. The number of ether oxygens (including phenoxy) is 1. The van der Waals surface area contributed by atoms with E-state index in [4.69, 9.17) is 4.74 Å². The third kappa shape index (κ3) is 3.82. The molecule has 1 aliphatic rings. The molecule has 0 unspecified atom stereocenters. The van der Waals surface area contributed by atoms with Gasteiger partial charge in [0.15, 0.2) is 0 Å². The van der Waals surface area contributed by atoms with E-state index in [2.05, 4.69) is 27.3 Å². The topological polar surface area (TPSA) is 55.4 Å². The Hall–Kier alpha value is -0.340. The standard InChI is InChI=1S/C13H18INO3S/c1-18-13-8-7-11(9-12(13)14)19(16,17)15-10-5-3-2-4-6-10/h7-10,15H,2-6H2,1H3. The molecule has 0 radical (unpaired) electrons. The van der Waals surface area contributed by atoms with Crippen LogP contribution in [0.25, 0.3) is 0 Å². The first-order chi connectivity index (χ1) is 9.03. The van der Waals surface area contributed by atoms with Crippen molar-refractivity contribution in [3.8, 4) is 5.75 Å². The Bertz CT molecular complexity index is 539. The second-order valence-corrected chi connectivity index (χ2v) is 7.63. The molecule has 1 aromatic carbocycles. The molecule has 19 heavy (non-hydrogen) atoms. The smallest absolute Gasteiger partial charge is 0.240 e. The van der Waals surface area contributed by atoms with Crippen LogP contribution in [-0.2, 0) is 10.0 Å². The van der Waals surface area contributed by atoms with Crippen LogP contribution in [0.3, 0.4) is 0 Å². The molecular formula is C13H18INO3S. The van der Waals surface area contributed by atoms with Crippen molar-refractivity contribution in [2.45, 2.75) is 43.0 Å². The lowest BCUT2D eigenvalue weighted by molar-refractivity contribution is 0.410. The number of rotatable bonds is 4. The zero-order chi connectivity index (χ0) is 13.9. The Balaban J connectivity index is 2.16. The zero-order valence-electron chi connectivity index (χ0n) is 10.9. The normalized spacial score (nSPS) is 17.4. The number of benzene rings is 1. The van der Waals surface area contributed by atoms with E-state index in [0.717, 1.165) is 29.3 Å². The van der Waals surface area contributed by atoms with Crippen LogP contribution in [0.4, 0.5) is 0 Å². The Morgan fingerprint density at radius 1 is 1.26 bits per heavy atom. The minimum atomic E-state index is -3.42. The van der Waals surface area contributed by atoms with E-state index in [-0.39, 0.29) is 6.04 Å². The van der Waals surface area contributed by atoms with E-state index in [1.165, 1.54) is 6.42 Å². The summed E-state index contributed by atoms with van der Waals surface area (Å²) in [5.41, 5.74) is 0. The van der Waals surface area contributed by atoms with Gasteiger partial charge in [0.2, 0.25) is 10.0 Å². The molecule has 106 valence electrons. The quantitative estimate of drug-likeness (QED) is 0.798. The number of nitrogens with one attached hydrogen (secondary N) is 1. The summed E-state index contributed by atoms with van der Waals surface area (Å²) in [5, 5.41) is 0. The molecule has 0 atom stereocenters. The van der Waals surface area contributed by atoms with Crippen LogP contribution in [0.2, 0.25) is 0 Å². The van der Waals surface area contributed by atoms with Gasteiger partial charge in [0.05, 0.1) is 15.6 Å². The first-order valence-electron chi connectivity index (χ1n) is 6.39. The van der Waals surface area contributed by atoms with Gasteiger partial charge in [-0.3, -0.25) is 0 Å². The fraction of sp³-hybridized carbons (Fsp3) is 0.538. The number of methoxy groups -OCH3 is 1. The molecule has 0 heterocycles. The number of hydrogen-bond acceptors (Lipinski definition) is 3. The minimum absolute atomic E-state index is 0.0820. The van der Waals surface area contributed by atoms with Crippen LogP contribution in [0.5, 0.6) is 5.75 Å². The summed E-state index contributed by atoms with van der Waals surface area (Å²) in [7, 11) is -1.84. The molecule has 0 amide bonds. The maximum Gasteiger partial charge on any atom is 0.240 e. The minimum Gasteiger partial charge on any atom is -0.496 e. The van der Waals surface area contributed by atoms with Gasteiger partial charge in [-0.1, -0.05) is 19.3 Å². The van der Waals surface area contributed by atoms with E-state index in [0.29, 0.717) is 10.6 Å². The van der Waals surface area contributed by atoms with E-state index >= 15 is 0 Å². The van der Waals surface area contributed by atoms with Gasteiger partial charge in [-0.2, -0.15) is 0 Å². The van der Waals surface area contributed by atoms with Crippen LogP contribution < -0.4 is 9.46 Å². The fourth-order valence-corrected chi connectivity index (χ4v) is 4.60. The summed E-state index contributed by atoms with van der Waals surface area (Å²) in [5.74, 6) is 0.692. The number of sulfonamides is 1. The lowest BCUT2D eigenvalue weighted by Gasteiger charge is -2.22. The molecule has 1 aromatic rings. The maximum atomic E-state index is 12.3. The number of hydrogen-bond donors (Lipinski definition) is 1. The Morgan fingerprint density at radius 3 is 2.53 bits per heavy atom. The summed E-state index contributed by atoms with van der Waals surface area (Å²) < 4.78 is 33.3. The second-order valence-electron chi connectivity index (χ2n) is 4.75. The van der Waals surface area contributed by atoms with Crippen molar-refractivity contribution in [2.24, 2.45) is 0 Å². The van der Waals surface area contributed by atoms with Gasteiger partial charge in [0, 0.05) is 6.04 Å². The van der Waals surface area contributed by atoms with Gasteiger partial charge in [-0.15, -0.1) is 0 Å². The molecule has 1 N–H and O–H groups in total. The lowest BCUT2D eigenvalue weighted by Crippen LogP contribution is -2.36. The van der Waals surface area contributed by atoms with Crippen LogP contribution in [-0.4, -0.2) is 21.6 Å². The molecule has 6 heteroatoms. The Labute approximate surface area is 128 Å². The van der Waals surface area contributed by atoms with Gasteiger partial charge in [0.25, 0.3) is 0 Å². The van der Waals surface area contributed by atoms with E-state index in [1.807, 2.05) is 0 Å². The lowest BCUT2D eigenvalue weighted by atomic mass is 9.96. The Kier molecular flexibility index (Phi) is 5.08. The van der Waals surface area contributed by atoms with Crippen molar-refractivity contribution < 1.29 is 13.2 Å². The third-order valence-electron chi connectivity index (χ3n) is 3.36. The molecule has 1 saturated carbocycles. The summed E-state index contributed by atoms with van der Waals surface area (Å²) in [4.78, 5) is 0.309.